The minimum absolute atomic E-state index is 0.420. The van der Waals surface area contributed by atoms with Crippen molar-refractivity contribution in [1.29, 1.82) is 0 Å². The van der Waals surface area contributed by atoms with Gasteiger partial charge in [-0.25, -0.2) is 18.4 Å². The maximum Gasteiger partial charge on any atom is 0.164 e. The molecule has 0 saturated heterocycles. The van der Waals surface area contributed by atoms with Crippen LogP contribution in [-0.2, 0) is 0 Å². The molecule has 0 atom stereocenters. The first kappa shape index (κ1) is 11.3. The Morgan fingerprint density at radius 2 is 1.94 bits per heavy atom. The van der Waals surface area contributed by atoms with Crippen molar-refractivity contribution in [2.75, 3.05) is 0 Å². The molecular weight excluding hydrogens is 304 g/mol. The first-order chi connectivity index (χ1) is 8.66. The van der Waals surface area contributed by atoms with Gasteiger partial charge in [0.2, 0.25) is 0 Å². The van der Waals surface area contributed by atoms with E-state index in [1.165, 1.54) is 10.7 Å². The lowest BCUT2D eigenvalue weighted by molar-refractivity contribution is 0.507. The molecule has 0 aliphatic heterocycles. The Hall–Kier alpha value is -1.82. The molecule has 0 spiro atoms. The van der Waals surface area contributed by atoms with Gasteiger partial charge in [0.1, 0.15) is 4.60 Å². The summed E-state index contributed by atoms with van der Waals surface area (Å²) in [6.45, 7) is 0. The lowest BCUT2D eigenvalue weighted by Gasteiger charge is -2.02. The second kappa shape index (κ2) is 4.13. The van der Waals surface area contributed by atoms with Crippen LogP contribution >= 0.6 is 15.9 Å². The normalized spacial score (nSPS) is 11.1. The zero-order chi connectivity index (χ0) is 12.7. The Bertz CT molecular complexity index is 739. The molecule has 0 amide bonds. The number of hydrogen-bond donors (Lipinski definition) is 0. The van der Waals surface area contributed by atoms with Crippen LogP contribution < -0.4 is 0 Å². The SMILES string of the molecule is Fc1ccc(-n2nc(Br)c3cccnc32)cc1F. The van der Waals surface area contributed by atoms with Gasteiger partial charge in [0.05, 0.1) is 11.1 Å². The molecule has 1 aromatic carbocycles. The van der Waals surface area contributed by atoms with Gasteiger partial charge in [0.15, 0.2) is 17.3 Å². The highest BCUT2D eigenvalue weighted by molar-refractivity contribution is 9.10. The molecule has 6 heteroatoms. The third kappa shape index (κ3) is 1.69. The number of benzene rings is 1. The van der Waals surface area contributed by atoms with E-state index in [2.05, 4.69) is 26.0 Å². The Labute approximate surface area is 109 Å². The van der Waals surface area contributed by atoms with Crippen LogP contribution in [0.4, 0.5) is 8.78 Å². The topological polar surface area (TPSA) is 30.7 Å². The molecule has 0 N–H and O–H groups in total. The van der Waals surface area contributed by atoms with Gasteiger partial charge in [0.25, 0.3) is 0 Å². The minimum Gasteiger partial charge on any atom is -0.236 e. The summed E-state index contributed by atoms with van der Waals surface area (Å²) in [5.74, 6) is -1.80. The fourth-order valence-electron chi connectivity index (χ4n) is 1.71. The number of fused-ring (bicyclic) bond motifs is 1. The smallest absolute Gasteiger partial charge is 0.164 e. The van der Waals surface area contributed by atoms with Gasteiger partial charge >= 0.3 is 0 Å². The molecule has 0 aliphatic carbocycles. The summed E-state index contributed by atoms with van der Waals surface area (Å²) in [4.78, 5) is 4.18. The van der Waals surface area contributed by atoms with Crippen molar-refractivity contribution < 1.29 is 8.78 Å². The summed E-state index contributed by atoms with van der Waals surface area (Å²) in [6, 6.07) is 7.23. The summed E-state index contributed by atoms with van der Waals surface area (Å²) < 4.78 is 28.2. The highest BCUT2D eigenvalue weighted by Gasteiger charge is 2.12. The number of rotatable bonds is 1. The Kier molecular flexibility index (Phi) is 2.59. The summed E-state index contributed by atoms with van der Waals surface area (Å²) in [7, 11) is 0. The van der Waals surface area contributed by atoms with Gasteiger partial charge in [-0.2, -0.15) is 5.10 Å². The van der Waals surface area contributed by atoms with E-state index in [0.717, 1.165) is 17.5 Å². The summed E-state index contributed by atoms with van der Waals surface area (Å²) in [6.07, 6.45) is 1.62. The summed E-state index contributed by atoms with van der Waals surface area (Å²) in [5, 5.41) is 5.02. The monoisotopic (exact) mass is 309 g/mol. The van der Waals surface area contributed by atoms with E-state index in [0.29, 0.717) is 15.9 Å². The standard InChI is InChI=1S/C12H6BrF2N3/c13-11-8-2-1-5-16-12(8)18(17-11)7-3-4-9(14)10(15)6-7/h1-6H. The second-order valence-corrected chi connectivity index (χ2v) is 4.43. The zero-order valence-corrected chi connectivity index (χ0v) is 10.5. The van der Waals surface area contributed by atoms with Gasteiger partial charge in [-0.1, -0.05) is 0 Å². The van der Waals surface area contributed by atoms with Crippen molar-refractivity contribution in [1.82, 2.24) is 14.8 Å². The first-order valence-corrected chi connectivity index (χ1v) is 5.91. The third-order valence-corrected chi connectivity index (χ3v) is 3.13. The first-order valence-electron chi connectivity index (χ1n) is 5.11. The van der Waals surface area contributed by atoms with E-state index in [9.17, 15) is 8.78 Å². The zero-order valence-electron chi connectivity index (χ0n) is 8.94. The van der Waals surface area contributed by atoms with Crippen molar-refractivity contribution in [3.05, 3.63) is 52.8 Å². The molecule has 90 valence electrons. The number of halogens is 3. The van der Waals surface area contributed by atoms with Crippen LogP contribution in [0.2, 0.25) is 0 Å². The molecule has 0 fully saturated rings. The molecule has 0 radical (unpaired) electrons. The molecule has 3 nitrogen and oxygen atoms in total. The van der Waals surface area contributed by atoms with Crippen LogP contribution in [0.5, 0.6) is 0 Å². The number of hydrogen-bond acceptors (Lipinski definition) is 2. The van der Waals surface area contributed by atoms with Crippen molar-refractivity contribution in [2.24, 2.45) is 0 Å². The average Bonchev–Trinajstić information content (AvgIpc) is 2.71. The van der Waals surface area contributed by atoms with E-state index < -0.39 is 11.6 Å². The Morgan fingerprint density at radius 3 is 2.72 bits per heavy atom. The van der Waals surface area contributed by atoms with Gasteiger partial charge in [-0.3, -0.25) is 0 Å². The van der Waals surface area contributed by atoms with Crippen LogP contribution in [-0.4, -0.2) is 14.8 Å². The molecule has 18 heavy (non-hydrogen) atoms. The molecule has 0 saturated carbocycles. The van der Waals surface area contributed by atoms with Crippen LogP contribution in [0, 0.1) is 11.6 Å². The van der Waals surface area contributed by atoms with Crippen LogP contribution in [0.15, 0.2) is 41.1 Å². The molecular formula is C12H6BrF2N3. The van der Waals surface area contributed by atoms with Gasteiger partial charge in [0, 0.05) is 12.3 Å². The molecule has 3 rings (SSSR count). The van der Waals surface area contributed by atoms with E-state index >= 15 is 0 Å². The van der Waals surface area contributed by atoms with Gasteiger partial charge < -0.3 is 0 Å². The maximum atomic E-state index is 13.2. The highest BCUT2D eigenvalue weighted by Crippen LogP contribution is 2.24. The fourth-order valence-corrected chi connectivity index (χ4v) is 2.18. The Morgan fingerprint density at radius 1 is 1.11 bits per heavy atom. The van der Waals surface area contributed by atoms with Crippen molar-refractivity contribution in [3.8, 4) is 5.69 Å². The van der Waals surface area contributed by atoms with Crippen molar-refractivity contribution in [3.63, 3.8) is 0 Å². The number of nitrogens with zero attached hydrogens (tertiary/aromatic N) is 3. The van der Waals surface area contributed by atoms with Crippen LogP contribution in [0.25, 0.3) is 16.7 Å². The van der Waals surface area contributed by atoms with Gasteiger partial charge in [-0.05, 0) is 40.2 Å². The highest BCUT2D eigenvalue weighted by atomic mass is 79.9. The molecule has 0 unspecified atom stereocenters. The molecule has 2 aromatic heterocycles. The number of aromatic nitrogens is 3. The quantitative estimate of drug-likeness (QED) is 0.689. The van der Waals surface area contributed by atoms with Crippen LogP contribution in [0.1, 0.15) is 0 Å². The van der Waals surface area contributed by atoms with E-state index in [1.807, 2.05) is 6.07 Å². The van der Waals surface area contributed by atoms with Gasteiger partial charge in [-0.15, -0.1) is 0 Å². The van der Waals surface area contributed by atoms with E-state index in [1.54, 1.807) is 12.3 Å². The summed E-state index contributed by atoms with van der Waals surface area (Å²) in [5.41, 5.74) is 0.999. The molecule has 0 aliphatic rings. The van der Waals surface area contributed by atoms with Crippen LogP contribution in [0.3, 0.4) is 0 Å². The van der Waals surface area contributed by atoms with E-state index in [-0.39, 0.29) is 0 Å². The second-order valence-electron chi connectivity index (χ2n) is 3.68. The molecule has 2 heterocycles. The Balaban J connectivity index is 2.28. The lowest BCUT2D eigenvalue weighted by atomic mass is 10.3. The summed E-state index contributed by atoms with van der Waals surface area (Å²) >= 11 is 3.31. The van der Waals surface area contributed by atoms with Crippen molar-refractivity contribution in [2.45, 2.75) is 0 Å². The molecule has 0 bridgehead atoms. The lowest BCUT2D eigenvalue weighted by Crippen LogP contribution is -1.99. The van der Waals surface area contributed by atoms with Crippen molar-refractivity contribution >= 4 is 27.0 Å². The van der Waals surface area contributed by atoms with E-state index in [4.69, 9.17) is 0 Å². The predicted octanol–water partition coefficient (Wildman–Crippen LogP) is 3.46. The maximum absolute atomic E-state index is 13.2. The average molecular weight is 310 g/mol. The minimum atomic E-state index is -0.914. The predicted molar refractivity (Wildman–Crippen MR) is 66.5 cm³/mol. The molecule has 3 aromatic rings. The number of pyridine rings is 1. The largest absolute Gasteiger partial charge is 0.236 e. The third-order valence-electron chi connectivity index (χ3n) is 2.55. The fraction of sp³-hybridized carbons (Fsp3) is 0.